The molecule has 1 aliphatic heterocycles. The van der Waals surface area contributed by atoms with Gasteiger partial charge >= 0.3 is 0 Å². The number of nitro groups is 1. The zero-order chi connectivity index (χ0) is 18.8. The number of halogens is 1. The molecular formula is C21H24ClN3O3. The van der Waals surface area contributed by atoms with Gasteiger partial charge in [0, 0.05) is 30.8 Å². The first-order valence-corrected chi connectivity index (χ1v) is 9.51. The Morgan fingerprint density at radius 2 is 1.71 bits per heavy atom. The summed E-state index contributed by atoms with van der Waals surface area (Å²) in [6.07, 6.45) is 3.90. The first kappa shape index (κ1) is 20.1. The minimum Gasteiger partial charge on any atom is -0.377 e. The molecule has 2 fully saturated rings. The molecule has 1 heterocycles. The van der Waals surface area contributed by atoms with Crippen molar-refractivity contribution in [3.05, 3.63) is 69.8 Å². The molecule has 1 amide bonds. The number of benzene rings is 2. The number of carbonyl (C=O) groups is 1. The largest absolute Gasteiger partial charge is 0.377 e. The Balaban J connectivity index is 0.00000225. The molecule has 4 rings (SSSR count). The van der Waals surface area contributed by atoms with E-state index in [1.165, 1.54) is 11.6 Å². The molecule has 0 aromatic heterocycles. The Morgan fingerprint density at radius 3 is 2.32 bits per heavy atom. The van der Waals surface area contributed by atoms with Crippen LogP contribution < -0.4 is 5.32 Å². The van der Waals surface area contributed by atoms with Crippen molar-refractivity contribution in [1.29, 1.82) is 0 Å². The molecule has 6 nitrogen and oxygen atoms in total. The molecule has 1 aliphatic carbocycles. The lowest BCUT2D eigenvalue weighted by molar-refractivity contribution is -0.384. The van der Waals surface area contributed by atoms with Gasteiger partial charge < -0.3 is 10.2 Å². The number of nitrogens with zero attached hydrogens (tertiary/aromatic N) is 2. The summed E-state index contributed by atoms with van der Waals surface area (Å²) >= 11 is 0. The second-order valence-electron chi connectivity index (χ2n) is 7.38. The Bertz CT molecular complexity index is 847. The van der Waals surface area contributed by atoms with Gasteiger partial charge in [0.15, 0.2) is 0 Å². The third kappa shape index (κ3) is 4.44. The van der Waals surface area contributed by atoms with Crippen LogP contribution in [-0.4, -0.2) is 34.9 Å². The van der Waals surface area contributed by atoms with Crippen LogP contribution in [0.4, 0.5) is 11.4 Å². The van der Waals surface area contributed by atoms with Crippen molar-refractivity contribution >= 4 is 29.7 Å². The van der Waals surface area contributed by atoms with E-state index < -0.39 is 4.92 Å². The second kappa shape index (κ2) is 8.61. The molecule has 0 spiro atoms. The van der Waals surface area contributed by atoms with Crippen LogP contribution in [-0.2, 0) is 0 Å². The Labute approximate surface area is 170 Å². The molecular weight excluding hydrogens is 378 g/mol. The van der Waals surface area contributed by atoms with Gasteiger partial charge in [-0.05, 0) is 49.3 Å². The van der Waals surface area contributed by atoms with Crippen molar-refractivity contribution in [3.63, 3.8) is 0 Å². The highest BCUT2D eigenvalue weighted by Gasteiger charge is 2.28. The highest BCUT2D eigenvalue weighted by Crippen LogP contribution is 2.33. The number of likely N-dealkylation sites (tertiary alicyclic amines) is 1. The minimum atomic E-state index is -0.414. The van der Waals surface area contributed by atoms with Crippen molar-refractivity contribution in [3.8, 4) is 0 Å². The molecule has 0 atom stereocenters. The number of hydrogen-bond acceptors (Lipinski definition) is 4. The summed E-state index contributed by atoms with van der Waals surface area (Å²) in [6, 6.07) is 15.5. The standard InChI is InChI=1S/C21H23N3O3.ClH/c25-21(23-12-10-16(11-13-23)15-4-2-1-3-5-15)17-6-9-19(22-18-7-8-18)20(14-17)24(26)27;/h1-6,9,14,16,18,22H,7-8,10-13H2;1H. The molecule has 2 aromatic rings. The summed E-state index contributed by atoms with van der Waals surface area (Å²) in [7, 11) is 0. The molecule has 28 heavy (non-hydrogen) atoms. The summed E-state index contributed by atoms with van der Waals surface area (Å²) in [6.45, 7) is 1.35. The van der Waals surface area contributed by atoms with E-state index in [0.717, 1.165) is 25.7 Å². The number of rotatable bonds is 5. The summed E-state index contributed by atoms with van der Waals surface area (Å²) in [5.74, 6) is 0.345. The summed E-state index contributed by atoms with van der Waals surface area (Å²) in [4.78, 5) is 25.7. The van der Waals surface area contributed by atoms with E-state index in [2.05, 4.69) is 17.4 Å². The van der Waals surface area contributed by atoms with Crippen LogP contribution in [0.2, 0.25) is 0 Å². The fourth-order valence-corrected chi connectivity index (χ4v) is 3.71. The molecule has 1 saturated heterocycles. The SMILES string of the molecule is Cl.O=C(c1ccc(NC2CC2)c([N+](=O)[O-])c1)N1CCC(c2ccccc2)CC1. The fraction of sp³-hybridized carbons (Fsp3) is 0.381. The van der Waals surface area contributed by atoms with Crippen molar-refractivity contribution < 1.29 is 9.72 Å². The molecule has 1 N–H and O–H groups in total. The number of nitro benzene ring substituents is 1. The maximum Gasteiger partial charge on any atom is 0.293 e. The van der Waals surface area contributed by atoms with E-state index in [1.54, 1.807) is 12.1 Å². The second-order valence-corrected chi connectivity index (χ2v) is 7.38. The van der Waals surface area contributed by atoms with Gasteiger partial charge in [0.2, 0.25) is 0 Å². The van der Waals surface area contributed by atoms with E-state index >= 15 is 0 Å². The molecule has 2 aliphatic rings. The van der Waals surface area contributed by atoms with E-state index in [4.69, 9.17) is 0 Å². The van der Waals surface area contributed by atoms with Gasteiger partial charge in [-0.15, -0.1) is 12.4 Å². The number of amides is 1. The van der Waals surface area contributed by atoms with Crippen LogP contribution in [0.5, 0.6) is 0 Å². The van der Waals surface area contributed by atoms with E-state index in [9.17, 15) is 14.9 Å². The van der Waals surface area contributed by atoms with E-state index in [1.807, 2.05) is 23.1 Å². The molecule has 2 aromatic carbocycles. The molecule has 7 heteroatoms. The number of piperidine rings is 1. The predicted octanol–water partition coefficient (Wildman–Crippen LogP) is 4.61. The lowest BCUT2D eigenvalue weighted by Gasteiger charge is -2.32. The van der Waals surface area contributed by atoms with Gasteiger partial charge in [-0.2, -0.15) is 0 Å². The maximum absolute atomic E-state index is 12.8. The molecule has 148 valence electrons. The Hall–Kier alpha value is -2.60. The van der Waals surface area contributed by atoms with E-state index in [0.29, 0.717) is 36.3 Å². The Morgan fingerprint density at radius 1 is 1.04 bits per heavy atom. The molecule has 0 bridgehead atoms. The first-order chi connectivity index (χ1) is 13.1. The van der Waals surface area contributed by atoms with Gasteiger partial charge in [-0.3, -0.25) is 14.9 Å². The van der Waals surface area contributed by atoms with Crippen LogP contribution >= 0.6 is 12.4 Å². The van der Waals surface area contributed by atoms with Gasteiger partial charge in [-0.25, -0.2) is 0 Å². The van der Waals surface area contributed by atoms with Crippen molar-refractivity contribution in [2.75, 3.05) is 18.4 Å². The smallest absolute Gasteiger partial charge is 0.293 e. The molecule has 0 radical (unpaired) electrons. The lowest BCUT2D eigenvalue weighted by atomic mass is 9.89. The third-order valence-electron chi connectivity index (χ3n) is 5.43. The summed E-state index contributed by atoms with van der Waals surface area (Å²) in [5, 5.41) is 14.6. The summed E-state index contributed by atoms with van der Waals surface area (Å²) < 4.78 is 0. The maximum atomic E-state index is 12.8. The average molecular weight is 402 g/mol. The average Bonchev–Trinajstić information content (AvgIpc) is 3.52. The van der Waals surface area contributed by atoms with Gasteiger partial charge in [0.05, 0.1) is 4.92 Å². The van der Waals surface area contributed by atoms with Crippen LogP contribution in [0, 0.1) is 10.1 Å². The fourth-order valence-electron chi connectivity index (χ4n) is 3.71. The van der Waals surface area contributed by atoms with Crippen LogP contribution in [0.25, 0.3) is 0 Å². The van der Waals surface area contributed by atoms with E-state index in [-0.39, 0.29) is 24.0 Å². The topological polar surface area (TPSA) is 75.5 Å². The van der Waals surface area contributed by atoms with Crippen molar-refractivity contribution in [2.24, 2.45) is 0 Å². The van der Waals surface area contributed by atoms with Crippen molar-refractivity contribution in [2.45, 2.75) is 37.6 Å². The highest BCUT2D eigenvalue weighted by molar-refractivity contribution is 5.95. The van der Waals surface area contributed by atoms with Crippen molar-refractivity contribution in [1.82, 2.24) is 4.90 Å². The number of hydrogen-bond donors (Lipinski definition) is 1. The van der Waals surface area contributed by atoms with Gasteiger partial charge in [-0.1, -0.05) is 30.3 Å². The van der Waals surface area contributed by atoms with Crippen LogP contribution in [0.15, 0.2) is 48.5 Å². The molecule has 1 saturated carbocycles. The summed E-state index contributed by atoms with van der Waals surface area (Å²) in [5.41, 5.74) is 2.19. The first-order valence-electron chi connectivity index (χ1n) is 9.51. The zero-order valence-corrected chi connectivity index (χ0v) is 16.4. The quantitative estimate of drug-likeness (QED) is 0.586. The predicted molar refractivity (Wildman–Crippen MR) is 111 cm³/mol. The number of anilines is 1. The normalized spacial score (nSPS) is 16.9. The van der Waals surface area contributed by atoms with Crippen LogP contribution in [0.1, 0.15) is 47.5 Å². The zero-order valence-electron chi connectivity index (χ0n) is 15.5. The number of nitrogens with one attached hydrogen (secondary N) is 1. The minimum absolute atomic E-state index is 0. The monoisotopic (exact) mass is 401 g/mol. The number of carbonyl (C=O) groups excluding carboxylic acids is 1. The molecule has 0 unspecified atom stereocenters. The lowest BCUT2D eigenvalue weighted by Crippen LogP contribution is -2.37. The van der Waals surface area contributed by atoms with Crippen LogP contribution in [0.3, 0.4) is 0 Å². The third-order valence-corrected chi connectivity index (χ3v) is 5.43. The Kier molecular flexibility index (Phi) is 6.19. The van der Waals surface area contributed by atoms with Gasteiger partial charge in [0.1, 0.15) is 5.69 Å². The van der Waals surface area contributed by atoms with Gasteiger partial charge in [0.25, 0.3) is 11.6 Å². The highest BCUT2D eigenvalue weighted by atomic mass is 35.5.